The summed E-state index contributed by atoms with van der Waals surface area (Å²) >= 11 is 0. The van der Waals surface area contributed by atoms with Crippen molar-refractivity contribution in [3.05, 3.63) is 48.1 Å². The van der Waals surface area contributed by atoms with E-state index >= 15 is 0 Å². The van der Waals surface area contributed by atoms with Crippen LogP contribution in [0.1, 0.15) is 25.3 Å². The Morgan fingerprint density at radius 2 is 1.82 bits per heavy atom. The summed E-state index contributed by atoms with van der Waals surface area (Å²) in [4.78, 5) is 0. The van der Waals surface area contributed by atoms with Gasteiger partial charge in [-0.05, 0) is 30.5 Å². The molecule has 0 spiro atoms. The van der Waals surface area contributed by atoms with Crippen LogP contribution < -0.4 is 4.74 Å². The van der Waals surface area contributed by atoms with Crippen molar-refractivity contribution in [1.29, 1.82) is 0 Å². The molecule has 0 aliphatic heterocycles. The highest BCUT2D eigenvalue weighted by molar-refractivity contribution is 5.50. The highest BCUT2D eigenvalue weighted by atomic mass is 16.7. The van der Waals surface area contributed by atoms with E-state index in [1.54, 1.807) is 7.11 Å². The van der Waals surface area contributed by atoms with Gasteiger partial charge in [0.25, 0.3) is 0 Å². The van der Waals surface area contributed by atoms with Gasteiger partial charge in [-0.3, -0.25) is 0 Å². The molecular formula is C15H20O2. The summed E-state index contributed by atoms with van der Waals surface area (Å²) in [6, 6.07) is 7.96. The van der Waals surface area contributed by atoms with E-state index < -0.39 is 0 Å². The molecule has 0 bridgehead atoms. The number of ether oxygens (including phenoxy) is 2. The third-order valence-electron chi connectivity index (χ3n) is 2.21. The van der Waals surface area contributed by atoms with Crippen LogP contribution in [-0.2, 0) is 4.74 Å². The second-order valence-electron chi connectivity index (χ2n) is 3.64. The van der Waals surface area contributed by atoms with E-state index in [0.717, 1.165) is 18.6 Å². The van der Waals surface area contributed by atoms with Crippen molar-refractivity contribution >= 4 is 6.08 Å². The summed E-state index contributed by atoms with van der Waals surface area (Å²) in [6.07, 6.45) is 10.7. The zero-order valence-electron chi connectivity index (χ0n) is 10.6. The van der Waals surface area contributed by atoms with Gasteiger partial charge in [-0.1, -0.05) is 43.4 Å². The van der Waals surface area contributed by atoms with Crippen LogP contribution in [0.25, 0.3) is 6.08 Å². The van der Waals surface area contributed by atoms with Gasteiger partial charge in [0.2, 0.25) is 0 Å². The van der Waals surface area contributed by atoms with Crippen molar-refractivity contribution in [2.24, 2.45) is 0 Å². The topological polar surface area (TPSA) is 18.5 Å². The zero-order chi connectivity index (χ0) is 12.3. The molecule has 0 saturated carbocycles. The first kappa shape index (κ1) is 13.5. The Labute approximate surface area is 104 Å². The van der Waals surface area contributed by atoms with Crippen molar-refractivity contribution in [2.45, 2.75) is 19.8 Å². The largest absolute Gasteiger partial charge is 0.468 e. The molecule has 0 aliphatic carbocycles. The second-order valence-corrected chi connectivity index (χ2v) is 3.64. The Hall–Kier alpha value is -1.54. The number of rotatable bonds is 7. The molecule has 92 valence electrons. The van der Waals surface area contributed by atoms with Gasteiger partial charge in [-0.15, -0.1) is 0 Å². The number of hydrogen-bond acceptors (Lipinski definition) is 2. The Kier molecular flexibility index (Phi) is 6.84. The molecule has 1 aromatic carbocycles. The SMILES string of the molecule is CCC=CCC=Cc1ccc(OCOC)cc1. The molecule has 17 heavy (non-hydrogen) atoms. The fourth-order valence-electron chi connectivity index (χ4n) is 1.35. The normalized spacial score (nSPS) is 11.4. The van der Waals surface area contributed by atoms with E-state index in [1.807, 2.05) is 24.3 Å². The molecule has 1 aromatic rings. The van der Waals surface area contributed by atoms with E-state index in [9.17, 15) is 0 Å². The van der Waals surface area contributed by atoms with Crippen molar-refractivity contribution in [2.75, 3.05) is 13.9 Å². The molecular weight excluding hydrogens is 212 g/mol. The van der Waals surface area contributed by atoms with Gasteiger partial charge in [0.15, 0.2) is 6.79 Å². The van der Waals surface area contributed by atoms with Gasteiger partial charge in [0.1, 0.15) is 5.75 Å². The molecule has 0 fully saturated rings. The maximum atomic E-state index is 5.31. The third-order valence-corrected chi connectivity index (χ3v) is 2.21. The predicted octanol–water partition coefficient (Wildman–Crippen LogP) is 4.04. The molecule has 0 aromatic heterocycles. The van der Waals surface area contributed by atoms with Crippen LogP contribution in [0, 0.1) is 0 Å². The number of methoxy groups -OCH3 is 1. The smallest absolute Gasteiger partial charge is 0.188 e. The lowest BCUT2D eigenvalue weighted by atomic mass is 10.2. The van der Waals surface area contributed by atoms with Crippen LogP contribution in [0.3, 0.4) is 0 Å². The van der Waals surface area contributed by atoms with Crippen LogP contribution in [0.2, 0.25) is 0 Å². The Morgan fingerprint density at radius 3 is 2.47 bits per heavy atom. The number of benzene rings is 1. The van der Waals surface area contributed by atoms with Crippen LogP contribution in [0.5, 0.6) is 5.75 Å². The van der Waals surface area contributed by atoms with E-state index in [0.29, 0.717) is 0 Å². The minimum Gasteiger partial charge on any atom is -0.468 e. The molecule has 0 atom stereocenters. The zero-order valence-corrected chi connectivity index (χ0v) is 10.6. The van der Waals surface area contributed by atoms with Crippen LogP contribution >= 0.6 is 0 Å². The number of allylic oxidation sites excluding steroid dienone is 3. The van der Waals surface area contributed by atoms with Crippen LogP contribution in [-0.4, -0.2) is 13.9 Å². The molecule has 0 heterocycles. The Bertz CT molecular complexity index is 350. The molecule has 0 aliphatic rings. The maximum Gasteiger partial charge on any atom is 0.188 e. The van der Waals surface area contributed by atoms with E-state index in [-0.39, 0.29) is 6.79 Å². The molecule has 0 N–H and O–H groups in total. The molecule has 0 radical (unpaired) electrons. The van der Waals surface area contributed by atoms with Gasteiger partial charge in [-0.2, -0.15) is 0 Å². The van der Waals surface area contributed by atoms with E-state index in [1.165, 1.54) is 5.56 Å². The molecule has 0 unspecified atom stereocenters. The van der Waals surface area contributed by atoms with Crippen LogP contribution in [0.4, 0.5) is 0 Å². The fourth-order valence-corrected chi connectivity index (χ4v) is 1.35. The Balaban J connectivity index is 2.42. The third kappa shape index (κ3) is 5.93. The first-order chi connectivity index (χ1) is 8.36. The van der Waals surface area contributed by atoms with Gasteiger partial charge in [0, 0.05) is 7.11 Å². The average Bonchev–Trinajstić information content (AvgIpc) is 2.37. The average molecular weight is 232 g/mol. The second kappa shape index (κ2) is 8.59. The maximum absolute atomic E-state index is 5.31. The van der Waals surface area contributed by atoms with Crippen molar-refractivity contribution in [3.63, 3.8) is 0 Å². The molecule has 0 saturated heterocycles. The summed E-state index contributed by atoms with van der Waals surface area (Å²) in [5.41, 5.74) is 1.18. The van der Waals surface area contributed by atoms with Crippen molar-refractivity contribution < 1.29 is 9.47 Å². The van der Waals surface area contributed by atoms with Gasteiger partial charge >= 0.3 is 0 Å². The summed E-state index contributed by atoms with van der Waals surface area (Å²) in [5, 5.41) is 0. The lowest BCUT2D eigenvalue weighted by Crippen LogP contribution is -1.98. The lowest BCUT2D eigenvalue weighted by Gasteiger charge is -2.03. The van der Waals surface area contributed by atoms with Crippen molar-refractivity contribution in [3.8, 4) is 5.75 Å². The quantitative estimate of drug-likeness (QED) is 0.522. The summed E-state index contributed by atoms with van der Waals surface area (Å²) in [6.45, 7) is 2.43. The molecule has 2 nitrogen and oxygen atoms in total. The number of hydrogen-bond donors (Lipinski definition) is 0. The van der Waals surface area contributed by atoms with Gasteiger partial charge < -0.3 is 9.47 Å². The molecule has 0 amide bonds. The summed E-state index contributed by atoms with van der Waals surface area (Å²) in [5.74, 6) is 0.829. The lowest BCUT2D eigenvalue weighted by molar-refractivity contribution is 0.0511. The summed E-state index contributed by atoms with van der Waals surface area (Å²) < 4.78 is 10.1. The first-order valence-electron chi connectivity index (χ1n) is 5.90. The minimum atomic E-state index is 0.289. The standard InChI is InChI=1S/C15H20O2/c1-3-4-5-6-7-8-14-9-11-15(12-10-14)17-13-16-2/h4-5,7-12H,3,6,13H2,1-2H3. The Morgan fingerprint density at radius 1 is 1.06 bits per heavy atom. The van der Waals surface area contributed by atoms with Crippen LogP contribution in [0.15, 0.2) is 42.5 Å². The van der Waals surface area contributed by atoms with Gasteiger partial charge in [0.05, 0.1) is 0 Å². The predicted molar refractivity (Wildman–Crippen MR) is 72.0 cm³/mol. The van der Waals surface area contributed by atoms with Crippen molar-refractivity contribution in [1.82, 2.24) is 0 Å². The first-order valence-corrected chi connectivity index (χ1v) is 5.90. The van der Waals surface area contributed by atoms with E-state index in [4.69, 9.17) is 9.47 Å². The van der Waals surface area contributed by atoms with E-state index in [2.05, 4.69) is 31.2 Å². The summed E-state index contributed by atoms with van der Waals surface area (Å²) in [7, 11) is 1.61. The minimum absolute atomic E-state index is 0.289. The van der Waals surface area contributed by atoms with Gasteiger partial charge in [-0.25, -0.2) is 0 Å². The monoisotopic (exact) mass is 232 g/mol. The highest BCUT2D eigenvalue weighted by Gasteiger charge is 1.91. The highest BCUT2D eigenvalue weighted by Crippen LogP contribution is 2.13. The molecule has 2 heteroatoms. The molecule has 1 rings (SSSR count). The fraction of sp³-hybridized carbons (Fsp3) is 0.333.